The first-order valence-electron chi connectivity index (χ1n) is 8.34. The SMILES string of the molecule is CCCCCCCCOCC(N)c1ccc(OCC)cc1. The molecule has 21 heavy (non-hydrogen) atoms. The summed E-state index contributed by atoms with van der Waals surface area (Å²) in [6.45, 7) is 6.31. The standard InChI is InChI=1S/C18H31NO2/c1-3-5-6-7-8-9-14-20-15-18(19)16-10-12-17(13-11-16)21-4-2/h10-13,18H,3-9,14-15,19H2,1-2H3. The molecular formula is C18H31NO2. The monoisotopic (exact) mass is 293 g/mol. The Kier molecular flexibility index (Phi) is 9.92. The van der Waals surface area contributed by atoms with Crippen LogP contribution in [-0.2, 0) is 4.74 Å². The van der Waals surface area contributed by atoms with Crippen LogP contribution in [0, 0.1) is 0 Å². The largest absolute Gasteiger partial charge is 0.494 e. The van der Waals surface area contributed by atoms with Gasteiger partial charge in [0, 0.05) is 6.61 Å². The molecule has 0 saturated heterocycles. The van der Waals surface area contributed by atoms with Crippen LogP contribution in [0.15, 0.2) is 24.3 Å². The minimum atomic E-state index is -0.0548. The number of hydrogen-bond acceptors (Lipinski definition) is 3. The maximum absolute atomic E-state index is 6.13. The van der Waals surface area contributed by atoms with Gasteiger partial charge in [-0.05, 0) is 31.0 Å². The highest BCUT2D eigenvalue weighted by Crippen LogP contribution is 2.17. The Hall–Kier alpha value is -1.06. The van der Waals surface area contributed by atoms with Crippen molar-refractivity contribution in [3.05, 3.63) is 29.8 Å². The quantitative estimate of drug-likeness (QED) is 0.579. The lowest BCUT2D eigenvalue weighted by molar-refractivity contribution is 0.117. The molecule has 1 rings (SSSR count). The summed E-state index contributed by atoms with van der Waals surface area (Å²) in [5, 5.41) is 0. The lowest BCUT2D eigenvalue weighted by Crippen LogP contribution is -2.17. The molecule has 3 heteroatoms. The van der Waals surface area contributed by atoms with E-state index in [1.165, 1.54) is 32.1 Å². The first-order valence-corrected chi connectivity index (χ1v) is 8.34. The van der Waals surface area contributed by atoms with Gasteiger partial charge >= 0.3 is 0 Å². The fourth-order valence-corrected chi connectivity index (χ4v) is 2.27. The summed E-state index contributed by atoms with van der Waals surface area (Å²) in [5.74, 6) is 0.890. The molecule has 0 aliphatic heterocycles. The van der Waals surface area contributed by atoms with Crippen LogP contribution < -0.4 is 10.5 Å². The Morgan fingerprint density at radius 2 is 1.62 bits per heavy atom. The number of unbranched alkanes of at least 4 members (excludes halogenated alkanes) is 5. The van der Waals surface area contributed by atoms with Crippen LogP contribution in [-0.4, -0.2) is 19.8 Å². The molecule has 0 bridgehead atoms. The van der Waals surface area contributed by atoms with Gasteiger partial charge in [-0.2, -0.15) is 0 Å². The molecule has 0 heterocycles. The molecule has 0 aromatic heterocycles. The molecule has 1 aromatic carbocycles. The van der Waals surface area contributed by atoms with E-state index >= 15 is 0 Å². The molecule has 2 N–H and O–H groups in total. The lowest BCUT2D eigenvalue weighted by atomic mass is 10.1. The van der Waals surface area contributed by atoms with Gasteiger partial charge in [-0.1, -0.05) is 51.2 Å². The van der Waals surface area contributed by atoms with Crippen molar-refractivity contribution >= 4 is 0 Å². The summed E-state index contributed by atoms with van der Waals surface area (Å²) < 4.78 is 11.1. The van der Waals surface area contributed by atoms with Gasteiger partial charge < -0.3 is 15.2 Å². The number of ether oxygens (including phenoxy) is 2. The van der Waals surface area contributed by atoms with Gasteiger partial charge in [-0.15, -0.1) is 0 Å². The first-order chi connectivity index (χ1) is 10.3. The molecule has 1 unspecified atom stereocenters. The summed E-state index contributed by atoms with van der Waals surface area (Å²) in [4.78, 5) is 0. The third-order valence-electron chi connectivity index (χ3n) is 3.56. The molecule has 0 radical (unpaired) electrons. The van der Waals surface area contributed by atoms with Gasteiger partial charge in [0.2, 0.25) is 0 Å². The Labute approximate surface area is 129 Å². The maximum Gasteiger partial charge on any atom is 0.119 e. The first kappa shape index (κ1) is 18.0. The Morgan fingerprint density at radius 3 is 2.29 bits per heavy atom. The predicted molar refractivity (Wildman–Crippen MR) is 88.7 cm³/mol. The number of hydrogen-bond donors (Lipinski definition) is 1. The van der Waals surface area contributed by atoms with Crippen molar-refractivity contribution in [2.45, 2.75) is 58.4 Å². The normalized spacial score (nSPS) is 12.3. The van der Waals surface area contributed by atoms with Crippen molar-refractivity contribution in [1.29, 1.82) is 0 Å². The van der Waals surface area contributed by atoms with E-state index in [0.717, 1.165) is 24.3 Å². The number of benzene rings is 1. The van der Waals surface area contributed by atoms with Gasteiger partial charge in [0.05, 0.1) is 19.3 Å². The van der Waals surface area contributed by atoms with Gasteiger partial charge in [0.15, 0.2) is 0 Å². The van der Waals surface area contributed by atoms with Crippen molar-refractivity contribution in [2.24, 2.45) is 5.73 Å². The van der Waals surface area contributed by atoms with Crippen LogP contribution in [0.1, 0.15) is 64.0 Å². The second kappa shape index (κ2) is 11.6. The van der Waals surface area contributed by atoms with Crippen LogP contribution in [0.4, 0.5) is 0 Å². The molecule has 0 spiro atoms. The zero-order valence-electron chi connectivity index (χ0n) is 13.6. The highest BCUT2D eigenvalue weighted by Gasteiger charge is 2.06. The van der Waals surface area contributed by atoms with E-state index in [0.29, 0.717) is 13.2 Å². The molecule has 0 aliphatic carbocycles. The van der Waals surface area contributed by atoms with Crippen molar-refractivity contribution in [3.8, 4) is 5.75 Å². The Balaban J connectivity index is 2.11. The van der Waals surface area contributed by atoms with Gasteiger partial charge in [0.1, 0.15) is 5.75 Å². The van der Waals surface area contributed by atoms with E-state index in [9.17, 15) is 0 Å². The molecule has 0 aliphatic rings. The smallest absolute Gasteiger partial charge is 0.119 e. The van der Waals surface area contributed by atoms with Gasteiger partial charge in [-0.3, -0.25) is 0 Å². The fraction of sp³-hybridized carbons (Fsp3) is 0.667. The highest BCUT2D eigenvalue weighted by molar-refractivity contribution is 5.29. The second-order valence-corrected chi connectivity index (χ2v) is 5.45. The van der Waals surface area contributed by atoms with E-state index in [1.807, 2.05) is 31.2 Å². The van der Waals surface area contributed by atoms with E-state index in [-0.39, 0.29) is 6.04 Å². The molecule has 1 atom stereocenters. The van der Waals surface area contributed by atoms with E-state index in [4.69, 9.17) is 15.2 Å². The van der Waals surface area contributed by atoms with Crippen LogP contribution in [0.25, 0.3) is 0 Å². The van der Waals surface area contributed by atoms with E-state index < -0.39 is 0 Å². The zero-order chi connectivity index (χ0) is 15.3. The van der Waals surface area contributed by atoms with Crippen LogP contribution >= 0.6 is 0 Å². The van der Waals surface area contributed by atoms with Crippen LogP contribution in [0.3, 0.4) is 0 Å². The molecule has 0 saturated carbocycles. The second-order valence-electron chi connectivity index (χ2n) is 5.45. The van der Waals surface area contributed by atoms with Crippen LogP contribution in [0.5, 0.6) is 5.75 Å². The molecule has 120 valence electrons. The average molecular weight is 293 g/mol. The van der Waals surface area contributed by atoms with Crippen LogP contribution in [0.2, 0.25) is 0 Å². The summed E-state index contributed by atoms with van der Waals surface area (Å²) in [5.41, 5.74) is 7.23. The highest BCUT2D eigenvalue weighted by atomic mass is 16.5. The van der Waals surface area contributed by atoms with Gasteiger partial charge in [-0.25, -0.2) is 0 Å². The summed E-state index contributed by atoms with van der Waals surface area (Å²) in [7, 11) is 0. The topological polar surface area (TPSA) is 44.5 Å². The molecule has 3 nitrogen and oxygen atoms in total. The van der Waals surface area contributed by atoms with E-state index in [1.54, 1.807) is 0 Å². The molecule has 0 fully saturated rings. The molecule has 1 aromatic rings. The third-order valence-corrected chi connectivity index (χ3v) is 3.56. The zero-order valence-corrected chi connectivity index (χ0v) is 13.6. The van der Waals surface area contributed by atoms with Crippen molar-refractivity contribution in [1.82, 2.24) is 0 Å². The summed E-state index contributed by atoms with van der Waals surface area (Å²) >= 11 is 0. The number of rotatable bonds is 12. The Bertz CT molecular complexity index is 351. The Morgan fingerprint density at radius 1 is 0.952 bits per heavy atom. The van der Waals surface area contributed by atoms with Crippen molar-refractivity contribution in [3.63, 3.8) is 0 Å². The lowest BCUT2D eigenvalue weighted by Gasteiger charge is -2.13. The minimum absolute atomic E-state index is 0.0548. The third kappa shape index (κ3) is 8.08. The predicted octanol–water partition coefficient (Wildman–Crippen LogP) is 4.46. The van der Waals surface area contributed by atoms with Crippen molar-refractivity contribution in [2.75, 3.05) is 19.8 Å². The number of nitrogens with two attached hydrogens (primary N) is 1. The van der Waals surface area contributed by atoms with Crippen molar-refractivity contribution < 1.29 is 9.47 Å². The minimum Gasteiger partial charge on any atom is -0.494 e. The van der Waals surface area contributed by atoms with E-state index in [2.05, 4.69) is 6.92 Å². The maximum atomic E-state index is 6.13. The molecular weight excluding hydrogens is 262 g/mol. The van der Waals surface area contributed by atoms with Gasteiger partial charge in [0.25, 0.3) is 0 Å². The fourth-order valence-electron chi connectivity index (χ4n) is 2.27. The summed E-state index contributed by atoms with van der Waals surface area (Å²) in [6.07, 6.45) is 7.72. The average Bonchev–Trinajstić information content (AvgIpc) is 2.51. The summed E-state index contributed by atoms with van der Waals surface area (Å²) in [6, 6.07) is 7.91. The molecule has 0 amide bonds.